The minimum Gasteiger partial charge on any atom is -0.467 e. The number of allylic oxidation sites excluding steroid dienone is 1. The largest absolute Gasteiger partial charge is 0.467 e. The number of fused-ring (bicyclic) bond motifs is 2. The summed E-state index contributed by atoms with van der Waals surface area (Å²) in [5.41, 5.74) is 1.99. The molecule has 0 aliphatic heterocycles. The SMILES string of the molecule is C=CC(=O)c1cc2ccccc2c(-c2c(OCOC)ccc3ccccc23)c1OCOC. The number of carbonyl (C=O) groups excluding carboxylic acids is 1. The maximum absolute atomic E-state index is 12.9. The predicted molar refractivity (Wildman–Crippen MR) is 126 cm³/mol. The number of ether oxygens (including phenoxy) is 4. The maximum atomic E-state index is 12.9. The zero-order chi connectivity index (χ0) is 22.5. The average Bonchev–Trinajstić information content (AvgIpc) is 2.84. The monoisotopic (exact) mass is 428 g/mol. The summed E-state index contributed by atoms with van der Waals surface area (Å²) in [7, 11) is 3.12. The minimum absolute atomic E-state index is 0.0121. The van der Waals surface area contributed by atoms with Crippen molar-refractivity contribution in [1.82, 2.24) is 0 Å². The van der Waals surface area contributed by atoms with E-state index in [-0.39, 0.29) is 19.4 Å². The molecule has 0 amide bonds. The topological polar surface area (TPSA) is 54.0 Å². The van der Waals surface area contributed by atoms with Crippen LogP contribution < -0.4 is 9.47 Å². The Kier molecular flexibility index (Phi) is 6.50. The van der Waals surface area contributed by atoms with Gasteiger partial charge in [0.05, 0.1) is 5.56 Å². The van der Waals surface area contributed by atoms with E-state index in [0.717, 1.165) is 32.7 Å². The van der Waals surface area contributed by atoms with Gasteiger partial charge in [-0.2, -0.15) is 0 Å². The molecule has 0 spiro atoms. The van der Waals surface area contributed by atoms with E-state index < -0.39 is 0 Å². The Morgan fingerprint density at radius 2 is 1.44 bits per heavy atom. The molecule has 0 aliphatic carbocycles. The molecule has 0 atom stereocenters. The van der Waals surface area contributed by atoms with Gasteiger partial charge in [-0.1, -0.05) is 61.2 Å². The molecule has 0 fully saturated rings. The molecule has 0 heterocycles. The van der Waals surface area contributed by atoms with Crippen molar-refractivity contribution in [2.75, 3.05) is 27.8 Å². The van der Waals surface area contributed by atoms with Crippen LogP contribution in [0.3, 0.4) is 0 Å². The first kappa shape index (κ1) is 21.6. The second-order valence-corrected chi connectivity index (χ2v) is 7.18. The summed E-state index contributed by atoms with van der Waals surface area (Å²) in [5.74, 6) is 0.818. The number of hydrogen-bond donors (Lipinski definition) is 0. The third kappa shape index (κ3) is 3.96. The molecule has 162 valence electrons. The molecule has 0 saturated carbocycles. The van der Waals surface area contributed by atoms with Crippen molar-refractivity contribution in [2.24, 2.45) is 0 Å². The summed E-state index contributed by atoms with van der Waals surface area (Å²) < 4.78 is 22.4. The van der Waals surface area contributed by atoms with Crippen LogP contribution in [0, 0.1) is 0 Å². The predicted octanol–water partition coefficient (Wildman–Crippen LogP) is 5.99. The van der Waals surface area contributed by atoms with Crippen LogP contribution in [0.15, 0.2) is 79.4 Å². The van der Waals surface area contributed by atoms with Crippen molar-refractivity contribution in [2.45, 2.75) is 0 Å². The second kappa shape index (κ2) is 9.64. The first-order valence-corrected chi connectivity index (χ1v) is 10.2. The van der Waals surface area contributed by atoms with E-state index in [1.165, 1.54) is 6.08 Å². The Bertz CT molecular complexity index is 1290. The summed E-state index contributed by atoms with van der Waals surface area (Å²) in [6, 6.07) is 21.6. The molecular weight excluding hydrogens is 404 g/mol. The number of methoxy groups -OCH3 is 2. The molecule has 0 unspecified atom stereocenters. The van der Waals surface area contributed by atoms with Crippen molar-refractivity contribution in [3.63, 3.8) is 0 Å². The summed E-state index contributed by atoms with van der Waals surface area (Å²) in [6.07, 6.45) is 1.29. The molecule has 5 nitrogen and oxygen atoms in total. The van der Waals surface area contributed by atoms with Crippen molar-refractivity contribution >= 4 is 27.3 Å². The lowest BCUT2D eigenvalue weighted by Crippen LogP contribution is -2.08. The lowest BCUT2D eigenvalue weighted by molar-refractivity contribution is 0.0497. The van der Waals surface area contributed by atoms with Crippen LogP contribution in [0.4, 0.5) is 0 Å². The van der Waals surface area contributed by atoms with E-state index in [1.807, 2.05) is 66.7 Å². The number of carbonyl (C=O) groups is 1. The molecule has 0 aromatic heterocycles. The highest BCUT2D eigenvalue weighted by atomic mass is 16.7. The van der Waals surface area contributed by atoms with E-state index in [4.69, 9.17) is 18.9 Å². The van der Waals surface area contributed by atoms with Crippen LogP contribution in [-0.2, 0) is 9.47 Å². The molecule has 0 radical (unpaired) electrons. The fourth-order valence-electron chi connectivity index (χ4n) is 3.89. The highest BCUT2D eigenvalue weighted by Crippen LogP contribution is 2.47. The van der Waals surface area contributed by atoms with Crippen molar-refractivity contribution in [1.29, 1.82) is 0 Å². The smallest absolute Gasteiger partial charge is 0.189 e. The van der Waals surface area contributed by atoms with Gasteiger partial charge in [0.1, 0.15) is 11.5 Å². The van der Waals surface area contributed by atoms with E-state index in [1.54, 1.807) is 14.2 Å². The van der Waals surface area contributed by atoms with E-state index in [0.29, 0.717) is 17.1 Å². The fraction of sp³-hybridized carbons (Fsp3) is 0.148. The molecule has 0 aliphatic rings. The molecule has 0 N–H and O–H groups in total. The van der Waals surface area contributed by atoms with E-state index in [9.17, 15) is 4.79 Å². The Morgan fingerprint density at radius 3 is 2.12 bits per heavy atom. The molecule has 4 rings (SSSR count). The lowest BCUT2D eigenvalue weighted by Gasteiger charge is -2.21. The number of hydrogen-bond acceptors (Lipinski definition) is 5. The summed E-state index contributed by atoms with van der Waals surface area (Å²) >= 11 is 0. The Morgan fingerprint density at radius 1 is 0.812 bits per heavy atom. The maximum Gasteiger partial charge on any atom is 0.189 e. The van der Waals surface area contributed by atoms with Gasteiger partial charge in [0, 0.05) is 25.3 Å². The van der Waals surface area contributed by atoms with Gasteiger partial charge in [-0.05, 0) is 39.8 Å². The standard InChI is InChI=1S/C27H24O5/c1-4-23(28)22-15-19-10-6-8-12-21(19)26(27(22)32-17-30-3)25-20-11-7-5-9-18(20)13-14-24(25)31-16-29-2/h4-15H,1,16-17H2,2-3H3. The van der Waals surface area contributed by atoms with Crippen LogP contribution >= 0.6 is 0 Å². The van der Waals surface area contributed by atoms with Crippen molar-refractivity contribution in [3.8, 4) is 22.6 Å². The van der Waals surface area contributed by atoms with Gasteiger partial charge in [0.2, 0.25) is 0 Å². The summed E-state index contributed by atoms with van der Waals surface area (Å²) in [6.45, 7) is 3.75. The van der Waals surface area contributed by atoms with Gasteiger partial charge in [-0.25, -0.2) is 0 Å². The fourth-order valence-corrected chi connectivity index (χ4v) is 3.89. The van der Waals surface area contributed by atoms with Crippen LogP contribution in [0.25, 0.3) is 32.7 Å². The summed E-state index contributed by atoms with van der Waals surface area (Å²) in [5, 5.41) is 3.84. The molecule has 4 aromatic carbocycles. The Labute approximate surface area is 186 Å². The molecular formula is C27H24O5. The Hall–Kier alpha value is -3.67. The molecule has 5 heteroatoms. The van der Waals surface area contributed by atoms with Crippen LogP contribution in [0.2, 0.25) is 0 Å². The lowest BCUT2D eigenvalue weighted by atomic mass is 9.89. The molecule has 32 heavy (non-hydrogen) atoms. The highest BCUT2D eigenvalue weighted by Gasteiger charge is 2.24. The van der Waals surface area contributed by atoms with Crippen LogP contribution in [0.5, 0.6) is 11.5 Å². The van der Waals surface area contributed by atoms with Gasteiger partial charge in [-0.3, -0.25) is 4.79 Å². The highest BCUT2D eigenvalue weighted by molar-refractivity contribution is 6.16. The van der Waals surface area contributed by atoms with Gasteiger partial charge in [0.25, 0.3) is 0 Å². The zero-order valence-electron chi connectivity index (χ0n) is 18.1. The minimum atomic E-state index is -0.234. The van der Waals surface area contributed by atoms with Gasteiger partial charge in [-0.15, -0.1) is 0 Å². The second-order valence-electron chi connectivity index (χ2n) is 7.18. The summed E-state index contributed by atoms with van der Waals surface area (Å²) in [4.78, 5) is 12.9. The quantitative estimate of drug-likeness (QED) is 0.186. The van der Waals surface area contributed by atoms with E-state index in [2.05, 4.69) is 6.58 Å². The average molecular weight is 428 g/mol. The van der Waals surface area contributed by atoms with Crippen molar-refractivity contribution in [3.05, 3.63) is 84.9 Å². The third-order valence-electron chi connectivity index (χ3n) is 5.25. The van der Waals surface area contributed by atoms with Crippen molar-refractivity contribution < 1.29 is 23.7 Å². The van der Waals surface area contributed by atoms with Crippen LogP contribution in [-0.4, -0.2) is 33.6 Å². The van der Waals surface area contributed by atoms with Crippen LogP contribution in [0.1, 0.15) is 10.4 Å². The first-order chi connectivity index (χ1) is 15.7. The Balaban J connectivity index is 2.17. The molecule has 4 aromatic rings. The number of benzene rings is 4. The van der Waals surface area contributed by atoms with Gasteiger partial charge >= 0.3 is 0 Å². The van der Waals surface area contributed by atoms with Gasteiger partial charge in [0.15, 0.2) is 19.4 Å². The molecule has 0 saturated heterocycles. The normalized spacial score (nSPS) is 10.9. The van der Waals surface area contributed by atoms with E-state index >= 15 is 0 Å². The first-order valence-electron chi connectivity index (χ1n) is 10.2. The third-order valence-corrected chi connectivity index (χ3v) is 5.25. The molecule has 0 bridgehead atoms. The van der Waals surface area contributed by atoms with Gasteiger partial charge < -0.3 is 18.9 Å². The number of ketones is 1. The zero-order valence-corrected chi connectivity index (χ0v) is 18.1. The number of rotatable bonds is 9.